The Kier molecular flexibility index (Phi) is 3.49. The smallest absolute Gasteiger partial charge is 0.138 e. The van der Waals surface area contributed by atoms with Crippen molar-refractivity contribution in [1.82, 2.24) is 0 Å². The fourth-order valence-corrected chi connectivity index (χ4v) is 2.79. The SMILES string of the molecule is CCCC1CN(c2cccc(F)c2I)C1. The van der Waals surface area contributed by atoms with Gasteiger partial charge in [-0.15, -0.1) is 0 Å². The lowest BCUT2D eigenvalue weighted by Gasteiger charge is -2.41. The van der Waals surface area contributed by atoms with E-state index in [1.807, 2.05) is 6.07 Å². The van der Waals surface area contributed by atoms with Gasteiger partial charge in [0.15, 0.2) is 0 Å². The highest BCUT2D eigenvalue weighted by Gasteiger charge is 2.27. The van der Waals surface area contributed by atoms with Gasteiger partial charge in [0.2, 0.25) is 0 Å². The molecule has 0 saturated carbocycles. The van der Waals surface area contributed by atoms with Crippen molar-refractivity contribution in [2.24, 2.45) is 5.92 Å². The van der Waals surface area contributed by atoms with Crippen LogP contribution < -0.4 is 4.90 Å². The summed E-state index contributed by atoms with van der Waals surface area (Å²) in [5, 5.41) is 0. The first-order chi connectivity index (χ1) is 7.22. The Morgan fingerprint density at radius 1 is 1.47 bits per heavy atom. The van der Waals surface area contributed by atoms with Gasteiger partial charge < -0.3 is 4.90 Å². The van der Waals surface area contributed by atoms with E-state index >= 15 is 0 Å². The van der Waals surface area contributed by atoms with E-state index in [0.717, 1.165) is 28.3 Å². The Morgan fingerprint density at radius 2 is 2.20 bits per heavy atom. The molecule has 0 aromatic heterocycles. The first-order valence-electron chi connectivity index (χ1n) is 5.41. The zero-order valence-corrected chi connectivity index (χ0v) is 11.0. The van der Waals surface area contributed by atoms with Crippen molar-refractivity contribution in [3.8, 4) is 0 Å². The van der Waals surface area contributed by atoms with Crippen LogP contribution in [0.4, 0.5) is 10.1 Å². The van der Waals surface area contributed by atoms with Crippen molar-refractivity contribution < 1.29 is 4.39 Å². The highest BCUT2D eigenvalue weighted by molar-refractivity contribution is 14.1. The van der Waals surface area contributed by atoms with Crippen molar-refractivity contribution in [2.45, 2.75) is 19.8 Å². The largest absolute Gasteiger partial charge is 0.370 e. The molecule has 3 heteroatoms. The van der Waals surface area contributed by atoms with E-state index < -0.39 is 0 Å². The van der Waals surface area contributed by atoms with Gasteiger partial charge in [-0.1, -0.05) is 19.4 Å². The molecule has 1 heterocycles. The summed E-state index contributed by atoms with van der Waals surface area (Å²) >= 11 is 2.09. The molecule has 1 nitrogen and oxygen atoms in total. The highest BCUT2D eigenvalue weighted by Crippen LogP contribution is 2.31. The minimum Gasteiger partial charge on any atom is -0.370 e. The maximum Gasteiger partial charge on any atom is 0.138 e. The number of benzene rings is 1. The van der Waals surface area contributed by atoms with Crippen molar-refractivity contribution in [2.75, 3.05) is 18.0 Å². The Bertz CT molecular complexity index is 347. The number of hydrogen-bond donors (Lipinski definition) is 0. The summed E-state index contributed by atoms with van der Waals surface area (Å²) in [5.74, 6) is 0.709. The molecule has 0 amide bonds. The van der Waals surface area contributed by atoms with Gasteiger partial charge in [0, 0.05) is 13.1 Å². The minimum atomic E-state index is -0.105. The van der Waals surface area contributed by atoms with E-state index in [1.54, 1.807) is 6.07 Å². The minimum absolute atomic E-state index is 0.105. The fourth-order valence-electron chi connectivity index (χ4n) is 2.09. The first kappa shape index (κ1) is 11.2. The van der Waals surface area contributed by atoms with E-state index in [-0.39, 0.29) is 5.82 Å². The Balaban J connectivity index is 2.04. The molecule has 1 aliphatic heterocycles. The van der Waals surface area contributed by atoms with Crippen LogP contribution in [0.15, 0.2) is 18.2 Å². The maximum absolute atomic E-state index is 13.3. The average molecular weight is 319 g/mol. The van der Waals surface area contributed by atoms with Crippen LogP contribution in [0.2, 0.25) is 0 Å². The van der Waals surface area contributed by atoms with Crippen LogP contribution in [0, 0.1) is 15.3 Å². The van der Waals surface area contributed by atoms with Gasteiger partial charge in [-0.05, 0) is 47.1 Å². The van der Waals surface area contributed by atoms with Gasteiger partial charge in [-0.3, -0.25) is 0 Å². The summed E-state index contributed by atoms with van der Waals surface area (Å²) < 4.78 is 14.1. The summed E-state index contributed by atoms with van der Waals surface area (Å²) in [4.78, 5) is 2.27. The van der Waals surface area contributed by atoms with Crippen molar-refractivity contribution in [1.29, 1.82) is 0 Å². The second-order valence-electron chi connectivity index (χ2n) is 4.13. The highest BCUT2D eigenvalue weighted by atomic mass is 127. The molecule has 1 saturated heterocycles. The summed E-state index contributed by atoms with van der Waals surface area (Å²) in [7, 11) is 0. The van der Waals surface area contributed by atoms with Crippen LogP contribution in [0.3, 0.4) is 0 Å². The number of anilines is 1. The molecule has 0 radical (unpaired) electrons. The molecule has 1 fully saturated rings. The lowest BCUT2D eigenvalue weighted by atomic mass is 9.94. The molecular weight excluding hydrogens is 304 g/mol. The lowest BCUT2D eigenvalue weighted by molar-refractivity contribution is 0.379. The van der Waals surface area contributed by atoms with E-state index in [2.05, 4.69) is 34.4 Å². The molecule has 82 valence electrons. The van der Waals surface area contributed by atoms with Crippen molar-refractivity contribution in [3.05, 3.63) is 27.6 Å². The molecule has 0 aliphatic carbocycles. The lowest BCUT2D eigenvalue weighted by Crippen LogP contribution is -2.47. The normalized spacial score (nSPS) is 16.6. The monoisotopic (exact) mass is 319 g/mol. The fraction of sp³-hybridized carbons (Fsp3) is 0.500. The molecule has 0 N–H and O–H groups in total. The predicted octanol–water partition coefficient (Wildman–Crippen LogP) is 3.67. The molecule has 1 aromatic carbocycles. The molecule has 15 heavy (non-hydrogen) atoms. The van der Waals surface area contributed by atoms with Crippen molar-refractivity contribution in [3.63, 3.8) is 0 Å². The van der Waals surface area contributed by atoms with E-state index in [1.165, 1.54) is 18.9 Å². The van der Waals surface area contributed by atoms with Crippen LogP contribution in [0.1, 0.15) is 19.8 Å². The molecule has 1 aromatic rings. The number of hydrogen-bond acceptors (Lipinski definition) is 1. The molecule has 0 atom stereocenters. The quantitative estimate of drug-likeness (QED) is 0.769. The predicted molar refractivity (Wildman–Crippen MR) is 69.7 cm³/mol. The standard InChI is InChI=1S/C12H15FIN/c1-2-4-9-7-15(8-9)11-6-3-5-10(13)12(11)14/h3,5-6,9H,2,4,7-8H2,1H3. The zero-order chi connectivity index (χ0) is 10.8. The van der Waals surface area contributed by atoms with E-state index in [0.29, 0.717) is 0 Å². The number of rotatable bonds is 3. The first-order valence-corrected chi connectivity index (χ1v) is 6.49. The summed E-state index contributed by atoms with van der Waals surface area (Å²) in [6.07, 6.45) is 2.54. The molecule has 2 rings (SSSR count). The molecule has 0 spiro atoms. The molecule has 1 aliphatic rings. The van der Waals surface area contributed by atoms with Crippen molar-refractivity contribution >= 4 is 28.3 Å². The van der Waals surface area contributed by atoms with E-state index in [4.69, 9.17) is 0 Å². The summed E-state index contributed by atoms with van der Waals surface area (Å²) in [6, 6.07) is 5.32. The Morgan fingerprint density at radius 3 is 2.87 bits per heavy atom. The van der Waals surface area contributed by atoms with Crippen LogP contribution in [0.25, 0.3) is 0 Å². The van der Waals surface area contributed by atoms with Crippen LogP contribution in [-0.2, 0) is 0 Å². The van der Waals surface area contributed by atoms with Gasteiger partial charge in [0.05, 0.1) is 9.26 Å². The third kappa shape index (κ3) is 2.27. The third-order valence-corrected chi connectivity index (χ3v) is 3.99. The average Bonchev–Trinajstić information content (AvgIpc) is 2.16. The summed E-state index contributed by atoms with van der Waals surface area (Å²) in [6.45, 7) is 4.40. The van der Waals surface area contributed by atoms with E-state index in [9.17, 15) is 4.39 Å². The Labute approximate surface area is 104 Å². The molecule has 0 unspecified atom stereocenters. The summed E-state index contributed by atoms with van der Waals surface area (Å²) in [5.41, 5.74) is 1.06. The van der Waals surface area contributed by atoms with Gasteiger partial charge >= 0.3 is 0 Å². The second kappa shape index (κ2) is 4.68. The topological polar surface area (TPSA) is 3.24 Å². The van der Waals surface area contributed by atoms with Crippen LogP contribution in [0.5, 0.6) is 0 Å². The number of nitrogens with zero attached hydrogens (tertiary/aromatic N) is 1. The van der Waals surface area contributed by atoms with Crippen LogP contribution >= 0.6 is 22.6 Å². The van der Waals surface area contributed by atoms with Gasteiger partial charge in [-0.2, -0.15) is 0 Å². The Hall–Kier alpha value is -0.320. The van der Waals surface area contributed by atoms with Gasteiger partial charge in [-0.25, -0.2) is 4.39 Å². The maximum atomic E-state index is 13.3. The zero-order valence-electron chi connectivity index (χ0n) is 8.84. The molecule has 0 bridgehead atoms. The van der Waals surface area contributed by atoms with Gasteiger partial charge in [0.25, 0.3) is 0 Å². The second-order valence-corrected chi connectivity index (χ2v) is 5.21. The van der Waals surface area contributed by atoms with Gasteiger partial charge in [0.1, 0.15) is 5.82 Å². The molecular formula is C12H15FIN. The van der Waals surface area contributed by atoms with Crippen LogP contribution in [-0.4, -0.2) is 13.1 Å². The third-order valence-electron chi connectivity index (χ3n) is 2.93. The number of halogens is 2.